The lowest BCUT2D eigenvalue weighted by molar-refractivity contribution is -0.144. The van der Waals surface area contributed by atoms with E-state index in [1.165, 1.54) is 24.4 Å². The highest BCUT2D eigenvalue weighted by atomic mass is 31.2. The Hall–Kier alpha value is -3.18. The molecule has 14 nitrogen and oxygen atoms in total. The molecule has 3 heterocycles. The number of nitrogen functional groups attached to an aromatic ring is 1. The van der Waals surface area contributed by atoms with E-state index in [0.717, 1.165) is 6.42 Å². The Morgan fingerprint density at radius 2 is 2.26 bits per heavy atom. The van der Waals surface area contributed by atoms with Crippen LogP contribution >= 0.6 is 7.75 Å². The van der Waals surface area contributed by atoms with E-state index in [2.05, 4.69) is 15.4 Å². The van der Waals surface area contributed by atoms with Crippen LogP contribution < -0.4 is 10.8 Å². The number of anilines is 1. The van der Waals surface area contributed by atoms with Crippen molar-refractivity contribution in [2.24, 2.45) is 0 Å². The molecule has 2 aromatic heterocycles. The van der Waals surface area contributed by atoms with E-state index in [1.807, 2.05) is 12.1 Å². The van der Waals surface area contributed by atoms with Gasteiger partial charge in [-0.15, -0.1) is 5.10 Å². The molecule has 6 N–H and O–H groups in total. The molecule has 1 saturated heterocycles. The fraction of sp³-hybridized carbons (Fsp3) is 0.522. The van der Waals surface area contributed by atoms with Crippen LogP contribution in [0.1, 0.15) is 39.3 Å². The Bertz CT molecular complexity index is 1340. The van der Waals surface area contributed by atoms with Crippen molar-refractivity contribution in [2.45, 2.75) is 63.1 Å². The first kappa shape index (κ1) is 27.8. The number of aliphatic hydroxyl groups excluding tert-OH is 1. The van der Waals surface area contributed by atoms with E-state index in [4.69, 9.17) is 24.3 Å². The van der Waals surface area contributed by atoms with Crippen LogP contribution in [0.3, 0.4) is 0 Å². The highest BCUT2D eigenvalue weighted by Gasteiger charge is 2.65. The van der Waals surface area contributed by atoms with Gasteiger partial charge in [-0.05, 0) is 57.9 Å². The largest absolute Gasteiger partial charge is 0.465 e. The maximum Gasteiger partial charge on any atom is 0.459 e. The second-order valence-electron chi connectivity index (χ2n) is 9.15. The standard InChI is InChI=1S/C23H31N6O8P/c1-4-34-21(31)14(2)27-38(33,37-15-8-6-5-7-9-15)35-12-17-19(30)22(3,32)23(13-24,36-17)18-11-10-16-20(25)26-28-29(16)18/h6,8-11,14,17,19,28,30,32H,4-5,7,12H2,1-3H3,(H2,25,26)(H,27,33)/t14-,17+,19+,22+,23-,38-/m0/s1. The number of hydrogen-bond donors (Lipinski definition) is 5. The van der Waals surface area contributed by atoms with Crippen molar-refractivity contribution in [3.63, 3.8) is 0 Å². The first-order chi connectivity index (χ1) is 18.0. The predicted molar refractivity (Wildman–Crippen MR) is 133 cm³/mol. The Morgan fingerprint density at radius 1 is 1.50 bits per heavy atom. The summed E-state index contributed by atoms with van der Waals surface area (Å²) in [5, 5.41) is 41.6. The van der Waals surface area contributed by atoms with Gasteiger partial charge in [0.15, 0.2) is 5.82 Å². The van der Waals surface area contributed by atoms with Crippen molar-refractivity contribution in [1.29, 1.82) is 5.26 Å². The third-order valence-electron chi connectivity index (χ3n) is 6.49. The number of carbonyl (C=O) groups is 1. The molecule has 6 atom stereocenters. The molecule has 206 valence electrons. The minimum atomic E-state index is -4.25. The zero-order valence-corrected chi connectivity index (χ0v) is 22.1. The summed E-state index contributed by atoms with van der Waals surface area (Å²) in [5.41, 5.74) is 2.18. The van der Waals surface area contributed by atoms with Crippen LogP contribution in [0.5, 0.6) is 0 Å². The van der Waals surface area contributed by atoms with Crippen LogP contribution in [-0.4, -0.2) is 68.1 Å². The molecule has 1 aliphatic heterocycles. The number of rotatable bonds is 10. The van der Waals surface area contributed by atoms with Gasteiger partial charge in [-0.1, -0.05) is 6.08 Å². The van der Waals surface area contributed by atoms with E-state index in [0.29, 0.717) is 11.9 Å². The molecular weight excluding hydrogens is 519 g/mol. The number of H-pyrrole nitrogens is 1. The summed E-state index contributed by atoms with van der Waals surface area (Å²) in [4.78, 5) is 12.2. The molecule has 0 aromatic carbocycles. The highest BCUT2D eigenvalue weighted by molar-refractivity contribution is 7.51. The summed E-state index contributed by atoms with van der Waals surface area (Å²) < 4.78 is 37.2. The van der Waals surface area contributed by atoms with Crippen LogP contribution in [0.15, 0.2) is 36.1 Å². The van der Waals surface area contributed by atoms with Gasteiger partial charge in [0.05, 0.1) is 18.9 Å². The normalized spacial score (nSPS) is 29.4. The summed E-state index contributed by atoms with van der Waals surface area (Å²) in [7, 11) is -4.25. The molecule has 15 heteroatoms. The van der Waals surface area contributed by atoms with E-state index >= 15 is 0 Å². The number of aromatic amines is 1. The highest BCUT2D eigenvalue weighted by Crippen LogP contribution is 2.51. The minimum absolute atomic E-state index is 0.118. The third kappa shape index (κ3) is 4.84. The van der Waals surface area contributed by atoms with Gasteiger partial charge in [-0.25, -0.2) is 14.3 Å². The zero-order chi connectivity index (χ0) is 27.7. The number of esters is 1. The summed E-state index contributed by atoms with van der Waals surface area (Å²) in [6, 6.07) is 3.99. The quantitative estimate of drug-likeness (QED) is 0.210. The number of nitrogens with zero attached hydrogens (tertiary/aromatic N) is 3. The van der Waals surface area contributed by atoms with Gasteiger partial charge in [-0.2, -0.15) is 10.3 Å². The lowest BCUT2D eigenvalue weighted by Gasteiger charge is -2.32. The van der Waals surface area contributed by atoms with Crippen molar-refractivity contribution in [3.8, 4) is 6.07 Å². The summed E-state index contributed by atoms with van der Waals surface area (Å²) in [6.07, 6.45) is 3.62. The lowest BCUT2D eigenvalue weighted by atomic mass is 9.80. The summed E-state index contributed by atoms with van der Waals surface area (Å²) >= 11 is 0. The number of fused-ring (bicyclic) bond motifs is 1. The molecule has 2 aliphatic rings. The Morgan fingerprint density at radius 3 is 2.92 bits per heavy atom. The first-order valence-corrected chi connectivity index (χ1v) is 13.6. The van der Waals surface area contributed by atoms with Crippen LogP contribution in [0.4, 0.5) is 5.82 Å². The molecule has 1 fully saturated rings. The number of carbonyl (C=O) groups excluding carboxylic acids is 1. The second-order valence-corrected chi connectivity index (χ2v) is 10.8. The van der Waals surface area contributed by atoms with Crippen LogP contribution in [-0.2, 0) is 33.5 Å². The van der Waals surface area contributed by atoms with Crippen molar-refractivity contribution in [2.75, 3.05) is 18.9 Å². The number of hydrogen-bond acceptors (Lipinski definition) is 11. The number of allylic oxidation sites excluding steroid dienone is 3. The van der Waals surface area contributed by atoms with Crippen LogP contribution in [0.2, 0.25) is 0 Å². The molecule has 4 rings (SSSR count). The number of nitrogens with one attached hydrogen (secondary N) is 2. The molecule has 0 bridgehead atoms. The van der Waals surface area contributed by atoms with E-state index in [1.54, 1.807) is 25.1 Å². The number of nitrogens with two attached hydrogens (primary N) is 1. The topological polar surface area (TPSA) is 206 Å². The van der Waals surface area contributed by atoms with Gasteiger partial charge < -0.3 is 29.9 Å². The Labute approximate surface area is 218 Å². The molecular formula is C23H31N6O8P. The van der Waals surface area contributed by atoms with Crippen LogP contribution in [0, 0.1) is 11.3 Å². The molecule has 0 unspecified atom stereocenters. The van der Waals surface area contributed by atoms with Crippen LogP contribution in [0.25, 0.3) is 5.52 Å². The van der Waals surface area contributed by atoms with Crippen molar-refractivity contribution in [1.82, 2.24) is 19.9 Å². The van der Waals surface area contributed by atoms with Crippen molar-refractivity contribution < 1.29 is 38.1 Å². The smallest absolute Gasteiger partial charge is 0.459 e. The molecule has 0 radical (unpaired) electrons. The molecule has 38 heavy (non-hydrogen) atoms. The third-order valence-corrected chi connectivity index (χ3v) is 8.13. The minimum Gasteiger partial charge on any atom is -0.465 e. The molecule has 0 spiro atoms. The second kappa shape index (κ2) is 10.5. The monoisotopic (exact) mass is 550 g/mol. The fourth-order valence-electron chi connectivity index (χ4n) is 4.42. The molecule has 1 aliphatic carbocycles. The summed E-state index contributed by atoms with van der Waals surface area (Å²) in [5.74, 6) is -0.247. The van der Waals surface area contributed by atoms with Gasteiger partial charge in [0.2, 0.25) is 5.60 Å². The average molecular weight is 551 g/mol. The Kier molecular flexibility index (Phi) is 7.72. The number of aliphatic hydroxyl groups is 2. The molecule has 0 amide bonds. The van der Waals surface area contributed by atoms with E-state index in [9.17, 15) is 24.8 Å². The Balaban J connectivity index is 1.59. The van der Waals surface area contributed by atoms with Gasteiger partial charge in [0.1, 0.15) is 41.2 Å². The SMILES string of the molecule is CCOC(=O)[C@H](C)N[P@](=O)(OC[C@H]1O[C@@](C#N)(c2ccc3c(N)n[nH]n23)[C@](C)(O)[C@@H]1O)OC1=CCCC=C1. The number of nitriles is 1. The maximum absolute atomic E-state index is 13.7. The van der Waals surface area contributed by atoms with Gasteiger partial charge in [0.25, 0.3) is 0 Å². The maximum atomic E-state index is 13.7. The number of ether oxygens (including phenoxy) is 2. The van der Waals surface area contributed by atoms with E-state index < -0.39 is 49.8 Å². The zero-order valence-electron chi connectivity index (χ0n) is 21.2. The van der Waals surface area contributed by atoms with Gasteiger partial charge in [-0.3, -0.25) is 9.32 Å². The molecule has 0 saturated carbocycles. The number of aromatic nitrogens is 3. The van der Waals surface area contributed by atoms with E-state index in [-0.39, 0.29) is 23.9 Å². The average Bonchev–Trinajstić information content (AvgIpc) is 3.52. The van der Waals surface area contributed by atoms with Gasteiger partial charge >= 0.3 is 13.7 Å². The van der Waals surface area contributed by atoms with Crippen molar-refractivity contribution in [3.05, 3.63) is 41.8 Å². The molecule has 2 aromatic rings. The first-order valence-electron chi connectivity index (χ1n) is 12.0. The fourth-order valence-corrected chi connectivity index (χ4v) is 5.93. The van der Waals surface area contributed by atoms with Crippen molar-refractivity contribution >= 4 is 25.1 Å². The predicted octanol–water partition coefficient (Wildman–Crippen LogP) is 1.39. The van der Waals surface area contributed by atoms with Gasteiger partial charge in [0, 0.05) is 0 Å². The summed E-state index contributed by atoms with van der Waals surface area (Å²) in [6.45, 7) is 3.86. The lowest BCUT2D eigenvalue weighted by Crippen LogP contribution is -2.52.